The molecule has 1 N–H and O–H groups in total. The Morgan fingerprint density at radius 1 is 1.69 bits per heavy atom. The van der Waals surface area contributed by atoms with Crippen LogP contribution in [0.25, 0.3) is 0 Å². The van der Waals surface area contributed by atoms with Gasteiger partial charge in [0.1, 0.15) is 0 Å². The van der Waals surface area contributed by atoms with E-state index >= 15 is 0 Å². The third kappa shape index (κ3) is 4.77. The highest BCUT2D eigenvalue weighted by molar-refractivity contribution is 5.78. The molecule has 1 atom stereocenters. The van der Waals surface area contributed by atoms with Gasteiger partial charge in [-0.15, -0.1) is 6.58 Å². The van der Waals surface area contributed by atoms with Crippen molar-refractivity contribution in [1.29, 1.82) is 0 Å². The summed E-state index contributed by atoms with van der Waals surface area (Å²) in [6, 6.07) is 0. The minimum atomic E-state index is 0.0667. The van der Waals surface area contributed by atoms with E-state index in [2.05, 4.69) is 16.8 Å². The van der Waals surface area contributed by atoms with Crippen molar-refractivity contribution >= 4 is 5.91 Å². The lowest BCUT2D eigenvalue weighted by Gasteiger charge is -2.31. The predicted octanol–water partition coefficient (Wildman–Crippen LogP) is 0.789. The van der Waals surface area contributed by atoms with Crippen molar-refractivity contribution in [1.82, 2.24) is 10.2 Å². The molecule has 0 bridgehead atoms. The summed E-state index contributed by atoms with van der Waals surface area (Å²) >= 11 is 0. The number of carbonyl (C=O) groups is 1. The number of nitrogens with zero attached hydrogens (tertiary/aromatic N) is 1. The molecule has 1 rings (SSSR count). The molecule has 1 aliphatic rings. The lowest BCUT2D eigenvalue weighted by Crippen LogP contribution is -2.45. The molecule has 0 aromatic carbocycles. The van der Waals surface area contributed by atoms with Gasteiger partial charge in [-0.05, 0) is 26.3 Å². The number of carbonyl (C=O) groups excluding carboxylic acids is 1. The molecule has 0 aromatic rings. The summed E-state index contributed by atoms with van der Waals surface area (Å²) in [5.74, 6) is 0.0667. The van der Waals surface area contributed by atoms with E-state index in [0.717, 1.165) is 32.5 Å². The Bertz CT molecular complexity index is 229. The number of likely N-dealkylation sites (tertiary alicyclic amines) is 1. The van der Waals surface area contributed by atoms with Crippen LogP contribution in [-0.4, -0.2) is 49.7 Å². The molecule has 0 aromatic heterocycles. The third-order valence-corrected chi connectivity index (χ3v) is 2.68. The molecule has 92 valence electrons. The first-order chi connectivity index (χ1) is 7.76. The van der Waals surface area contributed by atoms with Gasteiger partial charge in [0, 0.05) is 19.7 Å². The van der Waals surface area contributed by atoms with E-state index in [-0.39, 0.29) is 5.91 Å². The lowest BCUT2D eigenvalue weighted by atomic mass is 10.1. The second-order valence-corrected chi connectivity index (χ2v) is 4.05. The summed E-state index contributed by atoms with van der Waals surface area (Å²) < 4.78 is 5.59. The molecule has 4 heteroatoms. The number of nitrogens with one attached hydrogen (secondary N) is 1. The number of rotatable bonds is 6. The Balaban J connectivity index is 2.25. The summed E-state index contributed by atoms with van der Waals surface area (Å²) in [5, 5.41) is 2.79. The molecule has 0 unspecified atom stereocenters. The molecule has 0 aliphatic carbocycles. The van der Waals surface area contributed by atoms with E-state index in [4.69, 9.17) is 4.74 Å². The molecule has 1 amide bonds. The SMILES string of the molecule is C=CCNC(=O)CN1CCC[C@@H](OCC)C1. The van der Waals surface area contributed by atoms with Crippen LogP contribution < -0.4 is 5.32 Å². The molecule has 4 nitrogen and oxygen atoms in total. The standard InChI is InChI=1S/C12H22N2O2/c1-3-7-13-12(15)10-14-8-5-6-11(9-14)16-4-2/h3,11H,1,4-10H2,2H3,(H,13,15)/t11-/m1/s1. The van der Waals surface area contributed by atoms with Crippen LogP contribution in [0.4, 0.5) is 0 Å². The zero-order valence-electron chi connectivity index (χ0n) is 10.1. The summed E-state index contributed by atoms with van der Waals surface area (Å²) in [4.78, 5) is 13.6. The molecule has 1 saturated heterocycles. The molecule has 0 saturated carbocycles. The van der Waals surface area contributed by atoms with Gasteiger partial charge in [-0.2, -0.15) is 0 Å². The van der Waals surface area contributed by atoms with Crippen molar-refractivity contribution in [2.75, 3.05) is 32.8 Å². The van der Waals surface area contributed by atoms with Crippen molar-refractivity contribution in [3.63, 3.8) is 0 Å². The van der Waals surface area contributed by atoms with Gasteiger partial charge in [-0.1, -0.05) is 6.08 Å². The predicted molar refractivity (Wildman–Crippen MR) is 64.3 cm³/mol. The largest absolute Gasteiger partial charge is 0.377 e. The Morgan fingerprint density at radius 2 is 2.50 bits per heavy atom. The van der Waals surface area contributed by atoms with Crippen molar-refractivity contribution in [3.8, 4) is 0 Å². The molecule has 1 fully saturated rings. The van der Waals surface area contributed by atoms with Crippen LogP contribution in [0.15, 0.2) is 12.7 Å². The van der Waals surface area contributed by atoms with Gasteiger partial charge in [0.25, 0.3) is 0 Å². The zero-order valence-corrected chi connectivity index (χ0v) is 10.1. The molecule has 0 spiro atoms. The minimum absolute atomic E-state index is 0.0667. The first-order valence-electron chi connectivity index (χ1n) is 5.97. The van der Waals surface area contributed by atoms with Gasteiger partial charge in [0.2, 0.25) is 5.91 Å². The fourth-order valence-electron chi connectivity index (χ4n) is 1.97. The van der Waals surface area contributed by atoms with E-state index in [1.807, 2.05) is 6.92 Å². The van der Waals surface area contributed by atoms with Gasteiger partial charge in [-0.3, -0.25) is 9.69 Å². The summed E-state index contributed by atoms with van der Waals surface area (Å²) in [7, 11) is 0. The van der Waals surface area contributed by atoms with Crippen LogP contribution in [0, 0.1) is 0 Å². The highest BCUT2D eigenvalue weighted by atomic mass is 16.5. The molecule has 0 radical (unpaired) electrons. The van der Waals surface area contributed by atoms with Gasteiger partial charge in [-0.25, -0.2) is 0 Å². The van der Waals surface area contributed by atoms with Crippen molar-refractivity contribution < 1.29 is 9.53 Å². The van der Waals surface area contributed by atoms with Crippen molar-refractivity contribution in [2.24, 2.45) is 0 Å². The van der Waals surface area contributed by atoms with E-state index in [0.29, 0.717) is 19.2 Å². The van der Waals surface area contributed by atoms with E-state index in [1.54, 1.807) is 6.08 Å². The maximum Gasteiger partial charge on any atom is 0.234 e. The fourth-order valence-corrected chi connectivity index (χ4v) is 1.97. The van der Waals surface area contributed by atoms with Crippen LogP contribution >= 0.6 is 0 Å². The molecular formula is C12H22N2O2. The topological polar surface area (TPSA) is 41.6 Å². The molecule has 1 heterocycles. The van der Waals surface area contributed by atoms with Crippen LogP contribution in [0.2, 0.25) is 0 Å². The van der Waals surface area contributed by atoms with Gasteiger partial charge in [0.05, 0.1) is 12.6 Å². The molecule has 16 heavy (non-hydrogen) atoms. The molecular weight excluding hydrogens is 204 g/mol. The number of hydrogen-bond acceptors (Lipinski definition) is 3. The van der Waals surface area contributed by atoms with Crippen LogP contribution in [0.5, 0.6) is 0 Å². The highest BCUT2D eigenvalue weighted by Gasteiger charge is 2.21. The average Bonchev–Trinajstić information content (AvgIpc) is 2.27. The third-order valence-electron chi connectivity index (χ3n) is 2.68. The minimum Gasteiger partial charge on any atom is -0.377 e. The van der Waals surface area contributed by atoms with E-state index in [9.17, 15) is 4.79 Å². The van der Waals surface area contributed by atoms with Crippen molar-refractivity contribution in [2.45, 2.75) is 25.9 Å². The normalized spacial score (nSPS) is 21.7. The maximum atomic E-state index is 11.5. The number of piperidine rings is 1. The molecule has 1 aliphatic heterocycles. The van der Waals surface area contributed by atoms with Gasteiger partial charge in [0.15, 0.2) is 0 Å². The highest BCUT2D eigenvalue weighted by Crippen LogP contribution is 2.12. The van der Waals surface area contributed by atoms with Crippen LogP contribution in [0.3, 0.4) is 0 Å². The van der Waals surface area contributed by atoms with Crippen molar-refractivity contribution in [3.05, 3.63) is 12.7 Å². The second-order valence-electron chi connectivity index (χ2n) is 4.05. The monoisotopic (exact) mass is 226 g/mol. The van der Waals surface area contributed by atoms with Gasteiger partial charge < -0.3 is 10.1 Å². The number of hydrogen-bond donors (Lipinski definition) is 1. The fraction of sp³-hybridized carbons (Fsp3) is 0.750. The summed E-state index contributed by atoms with van der Waals surface area (Å²) in [6.45, 7) is 9.20. The maximum absolute atomic E-state index is 11.5. The zero-order chi connectivity index (χ0) is 11.8. The smallest absolute Gasteiger partial charge is 0.234 e. The van der Waals surface area contributed by atoms with Crippen LogP contribution in [-0.2, 0) is 9.53 Å². The Morgan fingerprint density at radius 3 is 3.19 bits per heavy atom. The first kappa shape index (κ1) is 13.2. The van der Waals surface area contributed by atoms with Gasteiger partial charge >= 0.3 is 0 Å². The number of ether oxygens (including phenoxy) is 1. The first-order valence-corrected chi connectivity index (χ1v) is 5.97. The quantitative estimate of drug-likeness (QED) is 0.681. The Labute approximate surface area is 97.6 Å². The lowest BCUT2D eigenvalue weighted by molar-refractivity contribution is -0.123. The average molecular weight is 226 g/mol. The van der Waals surface area contributed by atoms with E-state index in [1.165, 1.54) is 0 Å². The summed E-state index contributed by atoms with van der Waals surface area (Å²) in [6.07, 6.45) is 4.21. The second kappa shape index (κ2) is 7.41. The van der Waals surface area contributed by atoms with Crippen LogP contribution in [0.1, 0.15) is 19.8 Å². The Kier molecular flexibility index (Phi) is 6.11. The summed E-state index contributed by atoms with van der Waals surface area (Å²) in [5.41, 5.74) is 0. The number of amides is 1. The Hall–Kier alpha value is -0.870. The van der Waals surface area contributed by atoms with E-state index < -0.39 is 0 Å².